The number of nitrogens with one attached hydrogen (secondary N) is 1. The summed E-state index contributed by atoms with van der Waals surface area (Å²) in [7, 11) is 0. The van der Waals surface area contributed by atoms with Crippen molar-refractivity contribution in [3.63, 3.8) is 0 Å². The zero-order chi connectivity index (χ0) is 11.2. The van der Waals surface area contributed by atoms with Gasteiger partial charge in [0.05, 0.1) is 0 Å². The van der Waals surface area contributed by atoms with Gasteiger partial charge >= 0.3 is 0 Å². The molecule has 0 bridgehead atoms. The van der Waals surface area contributed by atoms with Gasteiger partial charge in [-0.25, -0.2) is 0 Å². The van der Waals surface area contributed by atoms with Crippen LogP contribution < -0.4 is 10.9 Å². The van der Waals surface area contributed by atoms with Crippen molar-refractivity contribution in [1.82, 2.24) is 9.88 Å². The van der Waals surface area contributed by atoms with Gasteiger partial charge in [-0.2, -0.15) is 0 Å². The van der Waals surface area contributed by atoms with Gasteiger partial charge in [-0.05, 0) is 31.4 Å². The summed E-state index contributed by atoms with van der Waals surface area (Å²) in [6.45, 7) is 2.77. The molecule has 0 aromatic carbocycles. The van der Waals surface area contributed by atoms with Crippen LogP contribution in [0.4, 0.5) is 0 Å². The zero-order valence-corrected chi connectivity index (χ0v) is 9.69. The van der Waals surface area contributed by atoms with E-state index in [0.29, 0.717) is 0 Å². The maximum atomic E-state index is 11.4. The Kier molecular flexibility index (Phi) is 4.17. The molecule has 0 radical (unpaired) electrons. The fraction of sp³-hybridized carbons (Fsp3) is 0.615. The molecule has 1 aliphatic carbocycles. The second-order valence-electron chi connectivity index (χ2n) is 4.59. The number of pyridine rings is 1. The molecule has 0 unspecified atom stereocenters. The first-order valence-corrected chi connectivity index (χ1v) is 6.22. The first kappa shape index (κ1) is 11.4. The van der Waals surface area contributed by atoms with E-state index in [0.717, 1.165) is 25.6 Å². The molecule has 88 valence electrons. The van der Waals surface area contributed by atoms with Crippen molar-refractivity contribution in [2.24, 2.45) is 5.92 Å². The molecule has 0 amide bonds. The van der Waals surface area contributed by atoms with Crippen LogP contribution in [0, 0.1) is 5.92 Å². The van der Waals surface area contributed by atoms with Crippen molar-refractivity contribution in [3.8, 4) is 0 Å². The highest BCUT2D eigenvalue weighted by Gasteiger charge is 2.13. The standard InChI is InChI=1S/C13H20N2O/c16-13-7-3-4-9-15(13)10-8-14-11-12-5-1-2-6-12/h3-4,7,9,12,14H,1-2,5-6,8,10-11H2. The normalized spacial score (nSPS) is 16.8. The lowest BCUT2D eigenvalue weighted by molar-refractivity contribution is 0.474. The van der Waals surface area contributed by atoms with Gasteiger partial charge in [0.1, 0.15) is 0 Å². The summed E-state index contributed by atoms with van der Waals surface area (Å²) < 4.78 is 1.75. The molecule has 16 heavy (non-hydrogen) atoms. The summed E-state index contributed by atoms with van der Waals surface area (Å²) >= 11 is 0. The SMILES string of the molecule is O=c1ccccn1CCNCC1CCCC1. The van der Waals surface area contributed by atoms with Crippen LogP contribution in [0.2, 0.25) is 0 Å². The molecule has 0 saturated heterocycles. The Balaban J connectivity index is 1.68. The highest BCUT2D eigenvalue weighted by molar-refractivity contribution is 4.93. The Morgan fingerprint density at radius 2 is 2.12 bits per heavy atom. The molecule has 1 aromatic rings. The quantitative estimate of drug-likeness (QED) is 0.765. The molecule has 1 heterocycles. The second kappa shape index (κ2) is 5.85. The van der Waals surface area contributed by atoms with Gasteiger partial charge in [0, 0.05) is 25.4 Å². The third kappa shape index (κ3) is 3.20. The Bertz CT molecular complexity index is 366. The minimum Gasteiger partial charge on any atom is -0.315 e. The van der Waals surface area contributed by atoms with Crippen molar-refractivity contribution in [3.05, 3.63) is 34.7 Å². The molecule has 0 aliphatic heterocycles. The molecule has 3 heteroatoms. The van der Waals surface area contributed by atoms with Crippen LogP contribution in [-0.2, 0) is 6.54 Å². The largest absolute Gasteiger partial charge is 0.315 e. The number of aromatic nitrogens is 1. The van der Waals surface area contributed by atoms with E-state index in [2.05, 4.69) is 5.32 Å². The van der Waals surface area contributed by atoms with Gasteiger partial charge < -0.3 is 9.88 Å². The Hall–Kier alpha value is -1.09. The Labute approximate surface area is 96.5 Å². The smallest absolute Gasteiger partial charge is 0.250 e. The lowest BCUT2D eigenvalue weighted by atomic mass is 10.1. The first-order chi connectivity index (χ1) is 7.86. The summed E-state index contributed by atoms with van der Waals surface area (Å²) in [6.07, 6.45) is 7.38. The van der Waals surface area contributed by atoms with Crippen LogP contribution in [-0.4, -0.2) is 17.7 Å². The molecular weight excluding hydrogens is 200 g/mol. The predicted octanol–water partition coefficient (Wildman–Crippen LogP) is 1.63. The fourth-order valence-corrected chi connectivity index (χ4v) is 2.37. The molecule has 1 aliphatic rings. The highest BCUT2D eigenvalue weighted by atomic mass is 16.1. The van der Waals surface area contributed by atoms with Crippen LogP contribution in [0.1, 0.15) is 25.7 Å². The van der Waals surface area contributed by atoms with Crippen molar-refractivity contribution in [2.45, 2.75) is 32.2 Å². The topological polar surface area (TPSA) is 34.0 Å². The van der Waals surface area contributed by atoms with E-state index < -0.39 is 0 Å². The van der Waals surface area contributed by atoms with Crippen LogP contribution >= 0.6 is 0 Å². The van der Waals surface area contributed by atoms with E-state index in [1.165, 1.54) is 25.7 Å². The van der Waals surface area contributed by atoms with E-state index in [4.69, 9.17) is 0 Å². The summed E-state index contributed by atoms with van der Waals surface area (Å²) in [5.41, 5.74) is 0.0881. The fourth-order valence-electron chi connectivity index (χ4n) is 2.37. The van der Waals surface area contributed by atoms with Crippen molar-refractivity contribution < 1.29 is 0 Å². The molecule has 2 rings (SSSR count). The molecule has 1 N–H and O–H groups in total. The van der Waals surface area contributed by atoms with Crippen LogP contribution in [0.15, 0.2) is 29.2 Å². The Morgan fingerprint density at radius 3 is 2.88 bits per heavy atom. The van der Waals surface area contributed by atoms with Crippen LogP contribution in [0.5, 0.6) is 0 Å². The number of nitrogens with zero attached hydrogens (tertiary/aromatic N) is 1. The number of hydrogen-bond acceptors (Lipinski definition) is 2. The number of hydrogen-bond donors (Lipinski definition) is 1. The van der Waals surface area contributed by atoms with Gasteiger partial charge in [-0.1, -0.05) is 18.9 Å². The molecule has 3 nitrogen and oxygen atoms in total. The predicted molar refractivity (Wildman–Crippen MR) is 65.5 cm³/mol. The lowest BCUT2D eigenvalue weighted by Crippen LogP contribution is -2.28. The Morgan fingerprint density at radius 1 is 1.31 bits per heavy atom. The average Bonchev–Trinajstić information content (AvgIpc) is 2.79. The van der Waals surface area contributed by atoms with Crippen LogP contribution in [0.25, 0.3) is 0 Å². The summed E-state index contributed by atoms with van der Waals surface area (Å²) in [5, 5.41) is 3.44. The minimum atomic E-state index is 0.0881. The van der Waals surface area contributed by atoms with Gasteiger partial charge in [-0.3, -0.25) is 4.79 Å². The highest BCUT2D eigenvalue weighted by Crippen LogP contribution is 2.23. The van der Waals surface area contributed by atoms with E-state index in [-0.39, 0.29) is 5.56 Å². The van der Waals surface area contributed by atoms with E-state index in [9.17, 15) is 4.79 Å². The van der Waals surface area contributed by atoms with Gasteiger partial charge in [-0.15, -0.1) is 0 Å². The lowest BCUT2D eigenvalue weighted by Gasteiger charge is -2.11. The molecule has 1 aromatic heterocycles. The van der Waals surface area contributed by atoms with E-state index in [1.807, 2.05) is 12.3 Å². The van der Waals surface area contributed by atoms with Gasteiger partial charge in [0.25, 0.3) is 5.56 Å². The molecule has 0 spiro atoms. The summed E-state index contributed by atoms with van der Waals surface area (Å²) in [4.78, 5) is 11.4. The average molecular weight is 220 g/mol. The monoisotopic (exact) mass is 220 g/mol. The first-order valence-electron chi connectivity index (χ1n) is 6.22. The minimum absolute atomic E-state index is 0.0881. The van der Waals surface area contributed by atoms with E-state index in [1.54, 1.807) is 16.7 Å². The van der Waals surface area contributed by atoms with Crippen LogP contribution in [0.3, 0.4) is 0 Å². The maximum absolute atomic E-state index is 11.4. The molecular formula is C13H20N2O. The summed E-state index contributed by atoms with van der Waals surface area (Å²) in [5.74, 6) is 0.868. The second-order valence-corrected chi connectivity index (χ2v) is 4.59. The summed E-state index contributed by atoms with van der Waals surface area (Å²) in [6, 6.07) is 5.29. The third-order valence-electron chi connectivity index (χ3n) is 3.34. The van der Waals surface area contributed by atoms with E-state index >= 15 is 0 Å². The van der Waals surface area contributed by atoms with Crippen molar-refractivity contribution >= 4 is 0 Å². The molecule has 1 saturated carbocycles. The van der Waals surface area contributed by atoms with Gasteiger partial charge in [0.2, 0.25) is 0 Å². The van der Waals surface area contributed by atoms with Crippen molar-refractivity contribution in [2.75, 3.05) is 13.1 Å². The van der Waals surface area contributed by atoms with Crippen molar-refractivity contribution in [1.29, 1.82) is 0 Å². The molecule has 0 atom stereocenters. The van der Waals surface area contributed by atoms with Gasteiger partial charge in [0.15, 0.2) is 0 Å². The maximum Gasteiger partial charge on any atom is 0.250 e. The zero-order valence-electron chi connectivity index (χ0n) is 9.69. The third-order valence-corrected chi connectivity index (χ3v) is 3.34. The molecule has 1 fully saturated rings. The number of rotatable bonds is 5.